The molecule has 17 heavy (non-hydrogen) atoms. The number of Topliss-reactive ketones (excluding diaryl/α,β-unsaturated/α-hetero) is 1. The van der Waals surface area contributed by atoms with Crippen LogP contribution in [-0.2, 0) is 9.59 Å². The fourth-order valence-electron chi connectivity index (χ4n) is 2.16. The summed E-state index contributed by atoms with van der Waals surface area (Å²) in [5.74, 6) is 0.0255. The molecular weight excluding hydrogens is 214 g/mol. The second kappa shape index (κ2) is 4.53. The van der Waals surface area contributed by atoms with Crippen molar-refractivity contribution in [3.05, 3.63) is 36.0 Å². The highest BCUT2D eigenvalue weighted by molar-refractivity contribution is 5.86. The van der Waals surface area contributed by atoms with E-state index in [1.54, 1.807) is 0 Å². The van der Waals surface area contributed by atoms with Gasteiger partial charge in [-0.2, -0.15) is 0 Å². The molecule has 1 unspecified atom stereocenters. The zero-order chi connectivity index (χ0) is 12.4. The van der Waals surface area contributed by atoms with Gasteiger partial charge in [0, 0.05) is 23.5 Å². The molecule has 3 nitrogen and oxygen atoms in total. The van der Waals surface area contributed by atoms with Crippen LogP contribution in [0.2, 0.25) is 0 Å². The average molecular weight is 229 g/mol. The van der Waals surface area contributed by atoms with Crippen molar-refractivity contribution in [1.82, 2.24) is 4.57 Å². The molecule has 1 aromatic heterocycles. The lowest BCUT2D eigenvalue weighted by atomic mass is 10.1. The molecule has 2 rings (SSSR count). The van der Waals surface area contributed by atoms with Gasteiger partial charge >= 0.3 is 0 Å². The number of carbonyl (C=O) groups excluding carboxylic acids is 2. The molecule has 0 fully saturated rings. The van der Waals surface area contributed by atoms with Crippen LogP contribution in [0.1, 0.15) is 24.9 Å². The third kappa shape index (κ3) is 2.13. The summed E-state index contributed by atoms with van der Waals surface area (Å²) in [5.41, 5.74) is 2.12. The van der Waals surface area contributed by atoms with Crippen LogP contribution < -0.4 is 0 Å². The number of fused-ring (bicyclic) bond motifs is 1. The Morgan fingerprint density at radius 2 is 2.12 bits per heavy atom. The highest BCUT2D eigenvalue weighted by Crippen LogP contribution is 2.24. The lowest BCUT2D eigenvalue weighted by Crippen LogP contribution is -2.12. The Kier molecular flexibility index (Phi) is 3.09. The lowest BCUT2D eigenvalue weighted by Gasteiger charge is -2.12. The Labute approximate surface area is 100 Å². The van der Waals surface area contributed by atoms with E-state index in [9.17, 15) is 9.59 Å². The molecule has 88 valence electrons. The first-order chi connectivity index (χ1) is 8.13. The number of aryl methyl sites for hydroxylation is 1. The number of carbonyl (C=O) groups is 2. The number of ketones is 1. The first-order valence-electron chi connectivity index (χ1n) is 5.64. The zero-order valence-electron chi connectivity index (χ0n) is 10.0. The Morgan fingerprint density at radius 1 is 1.41 bits per heavy atom. The first kappa shape index (κ1) is 11.6. The van der Waals surface area contributed by atoms with Gasteiger partial charge in [-0.1, -0.05) is 18.2 Å². The average Bonchev–Trinajstić information content (AvgIpc) is 2.64. The SMILES string of the molecule is CC(=O)CC(C=O)n1cc(C)c2ccccc21. The topological polar surface area (TPSA) is 39.1 Å². The summed E-state index contributed by atoms with van der Waals surface area (Å²) < 4.78 is 1.89. The van der Waals surface area contributed by atoms with E-state index in [0.29, 0.717) is 0 Å². The molecule has 1 atom stereocenters. The molecule has 1 heterocycles. The van der Waals surface area contributed by atoms with Crippen molar-refractivity contribution in [2.45, 2.75) is 26.3 Å². The van der Waals surface area contributed by atoms with E-state index in [1.807, 2.05) is 42.0 Å². The van der Waals surface area contributed by atoms with Gasteiger partial charge < -0.3 is 9.36 Å². The standard InChI is InChI=1S/C14H15NO2/c1-10-8-15(12(9-16)7-11(2)17)14-6-4-3-5-13(10)14/h3-6,8-9,12H,7H2,1-2H3. The van der Waals surface area contributed by atoms with Crippen LogP contribution in [0, 0.1) is 6.92 Å². The molecule has 1 aromatic carbocycles. The van der Waals surface area contributed by atoms with Gasteiger partial charge in [0.25, 0.3) is 0 Å². The lowest BCUT2D eigenvalue weighted by molar-refractivity contribution is -0.120. The van der Waals surface area contributed by atoms with E-state index in [1.165, 1.54) is 6.92 Å². The van der Waals surface area contributed by atoms with E-state index >= 15 is 0 Å². The third-order valence-corrected chi connectivity index (χ3v) is 2.95. The highest BCUT2D eigenvalue weighted by atomic mass is 16.1. The third-order valence-electron chi connectivity index (χ3n) is 2.95. The number of benzene rings is 1. The predicted molar refractivity (Wildman–Crippen MR) is 67.1 cm³/mol. The van der Waals surface area contributed by atoms with Crippen molar-refractivity contribution < 1.29 is 9.59 Å². The molecule has 0 radical (unpaired) electrons. The fourth-order valence-corrected chi connectivity index (χ4v) is 2.16. The van der Waals surface area contributed by atoms with Gasteiger partial charge in [0.15, 0.2) is 0 Å². The maximum absolute atomic E-state index is 11.2. The van der Waals surface area contributed by atoms with Gasteiger partial charge in [-0.3, -0.25) is 4.79 Å². The van der Waals surface area contributed by atoms with Crippen LogP contribution in [0.15, 0.2) is 30.5 Å². The van der Waals surface area contributed by atoms with E-state index in [-0.39, 0.29) is 12.2 Å². The largest absolute Gasteiger partial charge is 0.337 e. The molecule has 0 saturated carbocycles. The molecule has 0 bridgehead atoms. The minimum atomic E-state index is -0.397. The Hall–Kier alpha value is -1.90. The minimum absolute atomic E-state index is 0.0255. The van der Waals surface area contributed by atoms with Crippen molar-refractivity contribution in [3.63, 3.8) is 0 Å². The van der Waals surface area contributed by atoms with Gasteiger partial charge in [-0.15, -0.1) is 0 Å². The van der Waals surface area contributed by atoms with Crippen LogP contribution in [-0.4, -0.2) is 16.6 Å². The summed E-state index contributed by atoms with van der Waals surface area (Å²) in [6.45, 7) is 3.52. The van der Waals surface area contributed by atoms with Crippen LogP contribution in [0.4, 0.5) is 0 Å². The Bertz CT molecular complexity index is 569. The normalized spacial score (nSPS) is 12.6. The van der Waals surface area contributed by atoms with Crippen molar-refractivity contribution in [1.29, 1.82) is 0 Å². The van der Waals surface area contributed by atoms with Gasteiger partial charge in [-0.05, 0) is 25.5 Å². The van der Waals surface area contributed by atoms with Gasteiger partial charge in [0.05, 0.1) is 6.04 Å². The Balaban J connectivity index is 2.53. The summed E-state index contributed by atoms with van der Waals surface area (Å²) in [7, 11) is 0. The molecule has 0 aliphatic heterocycles. The van der Waals surface area contributed by atoms with Gasteiger partial charge in [-0.25, -0.2) is 0 Å². The van der Waals surface area contributed by atoms with Crippen LogP contribution in [0.5, 0.6) is 0 Å². The molecular formula is C14H15NO2. The number of para-hydroxylation sites is 1. The summed E-state index contributed by atoms with van der Waals surface area (Å²) in [4.78, 5) is 22.3. The summed E-state index contributed by atoms with van der Waals surface area (Å²) >= 11 is 0. The van der Waals surface area contributed by atoms with Crippen molar-refractivity contribution in [3.8, 4) is 0 Å². The quantitative estimate of drug-likeness (QED) is 0.756. The second-order valence-electron chi connectivity index (χ2n) is 4.35. The number of rotatable bonds is 4. The van der Waals surface area contributed by atoms with Gasteiger partial charge in [0.2, 0.25) is 0 Å². The maximum Gasteiger partial charge on any atom is 0.143 e. The van der Waals surface area contributed by atoms with Gasteiger partial charge in [0.1, 0.15) is 12.1 Å². The fraction of sp³-hybridized carbons (Fsp3) is 0.286. The zero-order valence-corrected chi connectivity index (χ0v) is 10.0. The van der Waals surface area contributed by atoms with E-state index < -0.39 is 6.04 Å². The van der Waals surface area contributed by atoms with Crippen LogP contribution >= 0.6 is 0 Å². The number of hydrogen-bond acceptors (Lipinski definition) is 2. The van der Waals surface area contributed by atoms with E-state index in [4.69, 9.17) is 0 Å². The summed E-state index contributed by atoms with van der Waals surface area (Å²) in [5, 5.41) is 1.13. The predicted octanol–water partition coefficient (Wildman–Crippen LogP) is 2.67. The van der Waals surface area contributed by atoms with Crippen molar-refractivity contribution >= 4 is 23.0 Å². The van der Waals surface area contributed by atoms with Crippen LogP contribution in [0.25, 0.3) is 10.9 Å². The molecule has 3 heteroatoms. The minimum Gasteiger partial charge on any atom is -0.337 e. The molecule has 0 aliphatic rings. The van der Waals surface area contributed by atoms with E-state index in [2.05, 4.69) is 0 Å². The van der Waals surface area contributed by atoms with Crippen molar-refractivity contribution in [2.24, 2.45) is 0 Å². The van der Waals surface area contributed by atoms with E-state index in [0.717, 1.165) is 22.8 Å². The maximum atomic E-state index is 11.2. The molecule has 0 amide bonds. The molecule has 0 saturated heterocycles. The monoisotopic (exact) mass is 229 g/mol. The molecule has 0 spiro atoms. The Morgan fingerprint density at radius 3 is 2.76 bits per heavy atom. The molecule has 0 N–H and O–H groups in total. The number of aldehydes is 1. The van der Waals surface area contributed by atoms with Crippen LogP contribution in [0.3, 0.4) is 0 Å². The smallest absolute Gasteiger partial charge is 0.143 e. The first-order valence-corrected chi connectivity index (χ1v) is 5.64. The van der Waals surface area contributed by atoms with Crippen molar-refractivity contribution in [2.75, 3.05) is 0 Å². The molecule has 2 aromatic rings. The second-order valence-corrected chi connectivity index (χ2v) is 4.35. The number of nitrogens with zero attached hydrogens (tertiary/aromatic N) is 1. The molecule has 0 aliphatic carbocycles. The summed E-state index contributed by atoms with van der Waals surface area (Å²) in [6.07, 6.45) is 3.03. The summed E-state index contributed by atoms with van der Waals surface area (Å²) in [6, 6.07) is 7.51. The highest BCUT2D eigenvalue weighted by Gasteiger charge is 2.15. The number of aromatic nitrogens is 1. The number of hydrogen-bond donors (Lipinski definition) is 0.